The second kappa shape index (κ2) is 6.10. The van der Waals surface area contributed by atoms with Gasteiger partial charge in [-0.25, -0.2) is 4.79 Å². The molecule has 1 heterocycles. The number of aromatic nitrogens is 2. The van der Waals surface area contributed by atoms with Gasteiger partial charge in [0.25, 0.3) is 5.91 Å². The minimum atomic E-state index is -1.11. The first-order chi connectivity index (χ1) is 9.52. The molecule has 2 N–H and O–H groups in total. The third-order valence-electron chi connectivity index (χ3n) is 2.56. The predicted molar refractivity (Wildman–Crippen MR) is 78.3 cm³/mol. The van der Waals surface area contributed by atoms with Gasteiger partial charge in [0.15, 0.2) is 0 Å². The van der Waals surface area contributed by atoms with Crippen LogP contribution in [0.25, 0.3) is 0 Å². The predicted octanol–water partition coefficient (Wildman–Crippen LogP) is 2.81. The Kier molecular flexibility index (Phi) is 4.46. The normalized spacial score (nSPS) is 10.3. The summed E-state index contributed by atoms with van der Waals surface area (Å²) in [6, 6.07) is 4.57. The molecule has 8 heteroatoms. The Balaban J connectivity index is 2.32. The van der Waals surface area contributed by atoms with E-state index in [2.05, 4.69) is 30.8 Å². The largest absolute Gasteiger partial charge is 0.478 e. The number of amides is 1. The number of carbonyl (C=O) groups is 2. The molecular formula is C12H10BrN3O3S. The zero-order valence-electron chi connectivity index (χ0n) is 10.4. The van der Waals surface area contributed by atoms with Crippen molar-refractivity contribution < 1.29 is 14.7 Å². The quantitative estimate of drug-likeness (QED) is 0.879. The molecule has 0 unspecified atom stereocenters. The van der Waals surface area contributed by atoms with Gasteiger partial charge in [0.05, 0.1) is 16.9 Å². The van der Waals surface area contributed by atoms with Crippen LogP contribution >= 0.6 is 27.5 Å². The van der Waals surface area contributed by atoms with E-state index >= 15 is 0 Å². The third-order valence-corrected chi connectivity index (χ3v) is 3.82. The Labute approximate surface area is 127 Å². The van der Waals surface area contributed by atoms with Crippen LogP contribution in [-0.4, -0.2) is 26.6 Å². The van der Waals surface area contributed by atoms with Crippen LogP contribution in [0.4, 0.5) is 5.69 Å². The molecule has 0 spiro atoms. The van der Waals surface area contributed by atoms with Gasteiger partial charge >= 0.3 is 5.97 Å². The average molecular weight is 356 g/mol. The van der Waals surface area contributed by atoms with Gasteiger partial charge in [-0.2, -0.15) is 0 Å². The summed E-state index contributed by atoms with van der Waals surface area (Å²) in [7, 11) is 0. The van der Waals surface area contributed by atoms with E-state index in [0.29, 0.717) is 21.5 Å². The highest BCUT2D eigenvalue weighted by Crippen LogP contribution is 2.23. The second-order valence-electron chi connectivity index (χ2n) is 3.85. The average Bonchev–Trinajstić information content (AvgIpc) is 2.86. The van der Waals surface area contributed by atoms with Crippen LogP contribution < -0.4 is 5.32 Å². The molecule has 2 aromatic rings. The molecule has 0 atom stereocenters. The number of carboxylic acid groups (broad SMARTS) is 1. The van der Waals surface area contributed by atoms with Crippen molar-refractivity contribution in [2.45, 2.75) is 13.3 Å². The fourth-order valence-corrected chi connectivity index (χ4v) is 2.60. The molecule has 0 saturated heterocycles. The van der Waals surface area contributed by atoms with Crippen LogP contribution in [0, 0.1) is 0 Å². The van der Waals surface area contributed by atoms with Crippen molar-refractivity contribution in [1.82, 2.24) is 9.59 Å². The van der Waals surface area contributed by atoms with E-state index in [4.69, 9.17) is 5.11 Å². The van der Waals surface area contributed by atoms with Crippen molar-refractivity contribution in [2.75, 3.05) is 5.32 Å². The van der Waals surface area contributed by atoms with Crippen molar-refractivity contribution in [2.24, 2.45) is 0 Å². The molecular weight excluding hydrogens is 346 g/mol. The van der Waals surface area contributed by atoms with Crippen LogP contribution in [0.1, 0.15) is 32.6 Å². The number of nitrogens with one attached hydrogen (secondary N) is 1. The van der Waals surface area contributed by atoms with Gasteiger partial charge in [-0.15, -0.1) is 5.10 Å². The molecule has 1 aromatic heterocycles. The van der Waals surface area contributed by atoms with Gasteiger partial charge in [-0.1, -0.05) is 27.3 Å². The number of benzene rings is 1. The number of carboxylic acids is 1. The van der Waals surface area contributed by atoms with E-state index in [0.717, 1.165) is 11.5 Å². The zero-order valence-corrected chi connectivity index (χ0v) is 12.8. The lowest BCUT2D eigenvalue weighted by Gasteiger charge is -2.08. The maximum atomic E-state index is 12.2. The molecule has 0 radical (unpaired) electrons. The molecule has 1 amide bonds. The Bertz CT molecular complexity index is 672. The monoisotopic (exact) mass is 355 g/mol. The molecule has 20 heavy (non-hydrogen) atoms. The Hall–Kier alpha value is -1.80. The summed E-state index contributed by atoms with van der Waals surface area (Å²) in [4.78, 5) is 23.7. The molecule has 2 rings (SSSR count). The summed E-state index contributed by atoms with van der Waals surface area (Å²) in [5, 5.41) is 15.6. The summed E-state index contributed by atoms with van der Waals surface area (Å²) in [5.41, 5.74) is 0.851. The molecule has 0 fully saturated rings. The molecule has 0 aliphatic rings. The summed E-state index contributed by atoms with van der Waals surface area (Å²) in [5.74, 6) is -1.51. The van der Waals surface area contributed by atoms with Crippen molar-refractivity contribution in [3.05, 3.63) is 38.8 Å². The Morgan fingerprint density at radius 1 is 1.45 bits per heavy atom. The molecule has 0 aliphatic heterocycles. The summed E-state index contributed by atoms with van der Waals surface area (Å²) in [6.07, 6.45) is 0.587. The molecule has 1 aromatic carbocycles. The van der Waals surface area contributed by atoms with Gasteiger partial charge < -0.3 is 10.4 Å². The van der Waals surface area contributed by atoms with Crippen molar-refractivity contribution in [3.63, 3.8) is 0 Å². The van der Waals surface area contributed by atoms with E-state index in [-0.39, 0.29) is 11.3 Å². The number of hydrogen-bond donors (Lipinski definition) is 2. The zero-order chi connectivity index (χ0) is 14.7. The second-order valence-corrected chi connectivity index (χ2v) is 5.52. The molecule has 0 bridgehead atoms. The van der Waals surface area contributed by atoms with Crippen LogP contribution in [0.15, 0.2) is 22.7 Å². The minimum absolute atomic E-state index is 0.0251. The Morgan fingerprint density at radius 3 is 2.85 bits per heavy atom. The van der Waals surface area contributed by atoms with Crippen LogP contribution in [0.2, 0.25) is 0 Å². The fraction of sp³-hybridized carbons (Fsp3) is 0.167. The first-order valence-electron chi connectivity index (χ1n) is 5.68. The number of nitrogens with zero attached hydrogens (tertiary/aromatic N) is 2. The standard InChI is InChI=1S/C12H10BrN3O3S/c1-2-8-10(20-16-15-8)11(17)14-9-5-6(13)3-4-7(9)12(18)19/h3-5H,2H2,1H3,(H,14,17)(H,18,19). The number of halogens is 1. The van der Waals surface area contributed by atoms with Gasteiger partial charge in [0, 0.05) is 4.47 Å². The fourth-order valence-electron chi connectivity index (χ4n) is 1.60. The van der Waals surface area contributed by atoms with Crippen molar-refractivity contribution >= 4 is 45.0 Å². The summed E-state index contributed by atoms with van der Waals surface area (Å²) >= 11 is 4.23. The van der Waals surface area contributed by atoms with Gasteiger partial charge in [0.2, 0.25) is 0 Å². The smallest absolute Gasteiger partial charge is 0.337 e. The van der Waals surface area contributed by atoms with E-state index in [1.165, 1.54) is 6.07 Å². The van der Waals surface area contributed by atoms with Crippen molar-refractivity contribution in [3.8, 4) is 0 Å². The highest BCUT2D eigenvalue weighted by molar-refractivity contribution is 9.10. The molecule has 104 valence electrons. The van der Waals surface area contributed by atoms with E-state index in [1.54, 1.807) is 12.1 Å². The summed E-state index contributed by atoms with van der Waals surface area (Å²) in [6.45, 7) is 1.87. The molecule has 6 nitrogen and oxygen atoms in total. The first kappa shape index (κ1) is 14.6. The first-order valence-corrected chi connectivity index (χ1v) is 7.25. The highest BCUT2D eigenvalue weighted by atomic mass is 79.9. The summed E-state index contributed by atoms with van der Waals surface area (Å²) < 4.78 is 4.41. The lowest BCUT2D eigenvalue weighted by molar-refractivity contribution is 0.0698. The lowest BCUT2D eigenvalue weighted by Crippen LogP contribution is -2.15. The number of aryl methyl sites for hydroxylation is 1. The number of aromatic carboxylic acids is 1. The van der Waals surface area contributed by atoms with Crippen LogP contribution in [0.5, 0.6) is 0 Å². The number of rotatable bonds is 4. The molecule has 0 aliphatic carbocycles. The number of hydrogen-bond acceptors (Lipinski definition) is 5. The van der Waals surface area contributed by atoms with Crippen LogP contribution in [-0.2, 0) is 6.42 Å². The number of anilines is 1. The SMILES string of the molecule is CCc1nnsc1C(=O)Nc1cc(Br)ccc1C(=O)O. The lowest BCUT2D eigenvalue weighted by atomic mass is 10.1. The number of carbonyl (C=O) groups excluding carboxylic acids is 1. The van der Waals surface area contributed by atoms with Crippen molar-refractivity contribution in [1.29, 1.82) is 0 Å². The highest BCUT2D eigenvalue weighted by Gasteiger charge is 2.18. The van der Waals surface area contributed by atoms with Gasteiger partial charge in [0.1, 0.15) is 4.88 Å². The maximum absolute atomic E-state index is 12.2. The van der Waals surface area contributed by atoms with Gasteiger partial charge in [-0.3, -0.25) is 4.79 Å². The maximum Gasteiger partial charge on any atom is 0.337 e. The molecule has 0 saturated carbocycles. The minimum Gasteiger partial charge on any atom is -0.478 e. The van der Waals surface area contributed by atoms with E-state index < -0.39 is 11.9 Å². The third kappa shape index (κ3) is 3.02. The van der Waals surface area contributed by atoms with Gasteiger partial charge in [-0.05, 0) is 36.2 Å². The van der Waals surface area contributed by atoms with E-state index in [1.807, 2.05) is 6.92 Å². The topological polar surface area (TPSA) is 92.2 Å². The van der Waals surface area contributed by atoms with E-state index in [9.17, 15) is 9.59 Å². The Morgan fingerprint density at radius 2 is 2.20 bits per heavy atom. The van der Waals surface area contributed by atoms with Crippen LogP contribution in [0.3, 0.4) is 0 Å².